The van der Waals surface area contributed by atoms with Gasteiger partial charge in [0.15, 0.2) is 5.96 Å². The highest BCUT2D eigenvalue weighted by Crippen LogP contribution is 2.19. The van der Waals surface area contributed by atoms with Gasteiger partial charge in [-0.05, 0) is 65.0 Å². The van der Waals surface area contributed by atoms with Crippen LogP contribution in [0.2, 0.25) is 0 Å². The van der Waals surface area contributed by atoms with Gasteiger partial charge in [-0.2, -0.15) is 0 Å². The second kappa shape index (κ2) is 10.5. The Labute approximate surface area is 159 Å². The summed E-state index contributed by atoms with van der Waals surface area (Å²) in [6.07, 6.45) is 7.85. The quantitative estimate of drug-likeness (QED) is 0.575. The Morgan fingerprint density at radius 3 is 2.69 bits per heavy atom. The van der Waals surface area contributed by atoms with Crippen LogP contribution in [-0.4, -0.2) is 87.5 Å². The lowest BCUT2D eigenvalue weighted by Crippen LogP contribution is -2.47. The Kier molecular flexibility index (Phi) is 8.02. The first kappa shape index (κ1) is 19.9. The molecule has 3 aliphatic rings. The topological polar surface area (TPSA) is 49.3 Å². The monoisotopic (exact) mass is 366 g/mol. The minimum Gasteiger partial charge on any atom is -0.376 e. The zero-order valence-corrected chi connectivity index (χ0v) is 16.8. The van der Waals surface area contributed by atoms with Gasteiger partial charge in [0.25, 0.3) is 0 Å². The average Bonchev–Trinajstić information content (AvgIpc) is 3.18. The van der Waals surface area contributed by atoms with Crippen LogP contribution in [0.15, 0.2) is 4.99 Å². The number of ether oxygens (including phenoxy) is 2. The van der Waals surface area contributed by atoms with Crippen molar-refractivity contribution in [3.8, 4) is 0 Å². The summed E-state index contributed by atoms with van der Waals surface area (Å²) in [4.78, 5) is 9.83. The lowest BCUT2D eigenvalue weighted by Gasteiger charge is -2.35. The maximum Gasteiger partial charge on any atom is 0.193 e. The van der Waals surface area contributed by atoms with Crippen molar-refractivity contribution in [3.05, 3.63) is 0 Å². The smallest absolute Gasteiger partial charge is 0.193 e. The fraction of sp³-hybridized carbons (Fsp3) is 0.950. The highest BCUT2D eigenvalue weighted by Gasteiger charge is 2.24. The standard InChI is InChI=1S/C20H38N4O2/c1-3-21-20(22-14-17-6-4-10-23(2)15-17)24-11-8-18(9-12-24)26-16-19-7-5-13-25-19/h17-19H,3-16H2,1-2H3,(H,21,22). The summed E-state index contributed by atoms with van der Waals surface area (Å²) in [6.45, 7) is 10.2. The third kappa shape index (κ3) is 6.10. The summed E-state index contributed by atoms with van der Waals surface area (Å²) >= 11 is 0. The van der Waals surface area contributed by atoms with E-state index in [0.29, 0.717) is 18.1 Å². The molecule has 6 nitrogen and oxygen atoms in total. The molecule has 3 saturated heterocycles. The van der Waals surface area contributed by atoms with Crippen LogP contribution in [0.25, 0.3) is 0 Å². The minimum absolute atomic E-state index is 0.334. The first-order chi connectivity index (χ1) is 12.7. The lowest BCUT2D eigenvalue weighted by atomic mass is 9.99. The lowest BCUT2D eigenvalue weighted by molar-refractivity contribution is -0.0367. The molecule has 0 aliphatic carbocycles. The number of piperidine rings is 2. The molecule has 0 radical (unpaired) electrons. The first-order valence-corrected chi connectivity index (χ1v) is 10.7. The van der Waals surface area contributed by atoms with Crippen molar-refractivity contribution in [1.29, 1.82) is 0 Å². The molecule has 0 saturated carbocycles. The van der Waals surface area contributed by atoms with E-state index >= 15 is 0 Å². The van der Waals surface area contributed by atoms with Gasteiger partial charge in [0, 0.05) is 39.3 Å². The second-order valence-corrected chi connectivity index (χ2v) is 8.12. The van der Waals surface area contributed by atoms with Crippen molar-refractivity contribution in [2.45, 2.75) is 57.7 Å². The van der Waals surface area contributed by atoms with Crippen LogP contribution in [-0.2, 0) is 9.47 Å². The van der Waals surface area contributed by atoms with Gasteiger partial charge in [-0.1, -0.05) is 0 Å². The number of hydrogen-bond donors (Lipinski definition) is 1. The van der Waals surface area contributed by atoms with Crippen LogP contribution < -0.4 is 5.32 Å². The predicted octanol–water partition coefficient (Wildman–Crippen LogP) is 1.95. The molecule has 3 rings (SSSR count). The molecule has 3 fully saturated rings. The van der Waals surface area contributed by atoms with E-state index in [1.807, 2.05) is 0 Å². The van der Waals surface area contributed by atoms with Crippen molar-refractivity contribution < 1.29 is 9.47 Å². The number of hydrogen-bond acceptors (Lipinski definition) is 4. The van der Waals surface area contributed by atoms with E-state index in [-0.39, 0.29) is 0 Å². The molecule has 0 aromatic heterocycles. The fourth-order valence-corrected chi connectivity index (χ4v) is 4.32. The van der Waals surface area contributed by atoms with Gasteiger partial charge in [-0.15, -0.1) is 0 Å². The summed E-state index contributed by atoms with van der Waals surface area (Å²) < 4.78 is 11.8. The molecule has 2 atom stereocenters. The zero-order valence-electron chi connectivity index (χ0n) is 16.8. The van der Waals surface area contributed by atoms with E-state index < -0.39 is 0 Å². The van der Waals surface area contributed by atoms with Crippen LogP contribution in [0.3, 0.4) is 0 Å². The maximum atomic E-state index is 6.10. The number of likely N-dealkylation sites (tertiary alicyclic amines) is 2. The third-order valence-corrected chi connectivity index (χ3v) is 5.84. The van der Waals surface area contributed by atoms with Gasteiger partial charge < -0.3 is 24.6 Å². The Hall–Kier alpha value is -0.850. The summed E-state index contributed by atoms with van der Waals surface area (Å²) in [5.41, 5.74) is 0. The van der Waals surface area contributed by atoms with E-state index in [0.717, 1.165) is 64.6 Å². The normalized spacial score (nSPS) is 29.3. The highest BCUT2D eigenvalue weighted by atomic mass is 16.5. The predicted molar refractivity (Wildman–Crippen MR) is 106 cm³/mol. The molecule has 3 heterocycles. The SMILES string of the molecule is CCNC(=NCC1CCCN(C)C1)N1CCC(OCC2CCCO2)CC1. The van der Waals surface area contributed by atoms with E-state index in [2.05, 4.69) is 29.1 Å². The van der Waals surface area contributed by atoms with Gasteiger partial charge in [0.05, 0.1) is 18.8 Å². The van der Waals surface area contributed by atoms with E-state index in [1.54, 1.807) is 0 Å². The van der Waals surface area contributed by atoms with E-state index in [4.69, 9.17) is 14.5 Å². The van der Waals surface area contributed by atoms with Gasteiger partial charge >= 0.3 is 0 Å². The van der Waals surface area contributed by atoms with Crippen molar-refractivity contribution in [3.63, 3.8) is 0 Å². The van der Waals surface area contributed by atoms with Gasteiger partial charge in [0.1, 0.15) is 0 Å². The van der Waals surface area contributed by atoms with Crippen molar-refractivity contribution in [2.24, 2.45) is 10.9 Å². The van der Waals surface area contributed by atoms with Gasteiger partial charge in [0.2, 0.25) is 0 Å². The number of rotatable bonds is 6. The maximum absolute atomic E-state index is 6.10. The minimum atomic E-state index is 0.334. The largest absolute Gasteiger partial charge is 0.376 e. The van der Waals surface area contributed by atoms with Crippen LogP contribution >= 0.6 is 0 Å². The molecule has 26 heavy (non-hydrogen) atoms. The van der Waals surface area contributed by atoms with Crippen molar-refractivity contribution >= 4 is 5.96 Å². The van der Waals surface area contributed by atoms with E-state index in [9.17, 15) is 0 Å². The number of guanidine groups is 1. The number of nitrogens with zero attached hydrogens (tertiary/aromatic N) is 3. The highest BCUT2D eigenvalue weighted by molar-refractivity contribution is 5.80. The first-order valence-electron chi connectivity index (χ1n) is 10.7. The van der Waals surface area contributed by atoms with Crippen molar-refractivity contribution in [2.75, 3.05) is 59.5 Å². The number of aliphatic imine (C=N–C) groups is 1. The van der Waals surface area contributed by atoms with Crippen molar-refractivity contribution in [1.82, 2.24) is 15.1 Å². The fourth-order valence-electron chi connectivity index (χ4n) is 4.32. The molecular formula is C20H38N4O2. The summed E-state index contributed by atoms with van der Waals surface area (Å²) in [6, 6.07) is 0. The molecule has 6 heteroatoms. The summed E-state index contributed by atoms with van der Waals surface area (Å²) in [5.74, 6) is 1.80. The van der Waals surface area contributed by atoms with Crippen LogP contribution in [0.4, 0.5) is 0 Å². The average molecular weight is 367 g/mol. The van der Waals surface area contributed by atoms with Crippen LogP contribution in [0.5, 0.6) is 0 Å². The number of nitrogens with one attached hydrogen (secondary N) is 1. The molecule has 0 bridgehead atoms. The molecule has 2 unspecified atom stereocenters. The molecule has 1 N–H and O–H groups in total. The Morgan fingerprint density at radius 2 is 2.00 bits per heavy atom. The van der Waals surface area contributed by atoms with Gasteiger partial charge in [-0.3, -0.25) is 4.99 Å². The third-order valence-electron chi connectivity index (χ3n) is 5.84. The van der Waals surface area contributed by atoms with Crippen LogP contribution in [0.1, 0.15) is 45.4 Å². The Morgan fingerprint density at radius 1 is 1.15 bits per heavy atom. The molecule has 0 aromatic rings. The molecule has 150 valence electrons. The molecule has 0 amide bonds. The Balaban J connectivity index is 1.42. The summed E-state index contributed by atoms with van der Waals surface area (Å²) in [5, 5.41) is 3.50. The molecule has 0 aromatic carbocycles. The molecular weight excluding hydrogens is 328 g/mol. The zero-order chi connectivity index (χ0) is 18.2. The van der Waals surface area contributed by atoms with E-state index in [1.165, 1.54) is 32.4 Å². The van der Waals surface area contributed by atoms with Crippen LogP contribution in [0, 0.1) is 5.92 Å². The molecule has 3 aliphatic heterocycles. The van der Waals surface area contributed by atoms with Gasteiger partial charge in [-0.25, -0.2) is 0 Å². The Bertz CT molecular complexity index is 432. The molecule has 0 spiro atoms. The summed E-state index contributed by atoms with van der Waals surface area (Å²) in [7, 11) is 2.22. The second-order valence-electron chi connectivity index (χ2n) is 8.12.